The van der Waals surface area contributed by atoms with Crippen LogP contribution in [0.4, 0.5) is 0 Å². The van der Waals surface area contributed by atoms with Crippen LogP contribution in [0.1, 0.15) is 24.8 Å². The van der Waals surface area contributed by atoms with Crippen molar-refractivity contribution in [2.45, 2.75) is 43.8 Å². The Labute approximate surface area is 147 Å². The molecule has 4 N–H and O–H groups in total. The first kappa shape index (κ1) is 19.1. The molecular formula is C18H25N3O4. The van der Waals surface area contributed by atoms with Crippen LogP contribution in [0.15, 0.2) is 30.3 Å². The molecule has 7 heteroatoms. The third-order valence-corrected chi connectivity index (χ3v) is 4.52. The van der Waals surface area contributed by atoms with Crippen LogP contribution in [-0.4, -0.2) is 59.4 Å². The van der Waals surface area contributed by atoms with Gasteiger partial charge < -0.3 is 20.5 Å². The smallest absolute Gasteiger partial charge is 0.326 e. The number of amides is 1. The number of nitrogens with zero attached hydrogens (tertiary/aromatic N) is 1. The fourth-order valence-electron chi connectivity index (χ4n) is 3.14. The van der Waals surface area contributed by atoms with Gasteiger partial charge >= 0.3 is 5.97 Å². The number of hydrogen-bond acceptors (Lipinski definition) is 5. The molecule has 1 aliphatic rings. The first-order valence-electron chi connectivity index (χ1n) is 8.55. The van der Waals surface area contributed by atoms with E-state index in [1.54, 1.807) is 0 Å². The van der Waals surface area contributed by atoms with E-state index >= 15 is 0 Å². The Balaban J connectivity index is 1.95. The molecule has 1 heterocycles. The Morgan fingerprint density at radius 1 is 1.36 bits per heavy atom. The van der Waals surface area contributed by atoms with Crippen LogP contribution in [0.2, 0.25) is 0 Å². The number of aldehydes is 1. The van der Waals surface area contributed by atoms with Crippen molar-refractivity contribution in [2.75, 3.05) is 13.1 Å². The van der Waals surface area contributed by atoms with Gasteiger partial charge in [0.05, 0.1) is 12.1 Å². The van der Waals surface area contributed by atoms with Gasteiger partial charge in [0.15, 0.2) is 0 Å². The summed E-state index contributed by atoms with van der Waals surface area (Å²) in [6, 6.07) is 7.69. The molecule has 25 heavy (non-hydrogen) atoms. The average Bonchev–Trinajstić information content (AvgIpc) is 3.12. The number of rotatable bonds is 9. The maximum atomic E-state index is 12.6. The third kappa shape index (κ3) is 5.11. The maximum absolute atomic E-state index is 12.6. The molecule has 1 saturated heterocycles. The Morgan fingerprint density at radius 2 is 2.08 bits per heavy atom. The number of carbonyl (C=O) groups is 3. The van der Waals surface area contributed by atoms with E-state index in [0.29, 0.717) is 32.2 Å². The quantitative estimate of drug-likeness (QED) is 0.549. The summed E-state index contributed by atoms with van der Waals surface area (Å²) in [5.74, 6) is -1.35. The Kier molecular flexibility index (Phi) is 7.09. The molecule has 0 spiro atoms. The van der Waals surface area contributed by atoms with Gasteiger partial charge in [-0.1, -0.05) is 30.3 Å². The minimum atomic E-state index is -1.00. The Bertz CT molecular complexity index is 593. The second-order valence-electron chi connectivity index (χ2n) is 6.25. The van der Waals surface area contributed by atoms with Crippen molar-refractivity contribution in [1.29, 1.82) is 0 Å². The molecular weight excluding hydrogens is 322 g/mol. The van der Waals surface area contributed by atoms with Crippen LogP contribution < -0.4 is 11.1 Å². The maximum Gasteiger partial charge on any atom is 0.326 e. The second kappa shape index (κ2) is 9.29. The summed E-state index contributed by atoms with van der Waals surface area (Å²) in [5.41, 5.74) is 6.81. The molecule has 0 aromatic heterocycles. The van der Waals surface area contributed by atoms with Crippen molar-refractivity contribution >= 4 is 18.2 Å². The normalized spacial score (nSPS) is 19.4. The predicted octanol–water partition coefficient (Wildman–Crippen LogP) is 0.179. The van der Waals surface area contributed by atoms with Gasteiger partial charge in [0, 0.05) is 13.1 Å². The number of carboxylic acids is 1. The zero-order chi connectivity index (χ0) is 18.2. The molecule has 1 aromatic carbocycles. The van der Waals surface area contributed by atoms with Crippen molar-refractivity contribution in [1.82, 2.24) is 10.2 Å². The topological polar surface area (TPSA) is 113 Å². The van der Waals surface area contributed by atoms with Crippen molar-refractivity contribution in [3.63, 3.8) is 0 Å². The molecule has 1 aliphatic heterocycles. The molecule has 1 aromatic rings. The summed E-state index contributed by atoms with van der Waals surface area (Å²) >= 11 is 0. The minimum absolute atomic E-state index is 0.0113. The first-order chi connectivity index (χ1) is 12.1. The van der Waals surface area contributed by atoms with E-state index < -0.39 is 24.1 Å². The summed E-state index contributed by atoms with van der Waals surface area (Å²) < 4.78 is 0. The van der Waals surface area contributed by atoms with Gasteiger partial charge in [0.1, 0.15) is 12.3 Å². The number of aliphatic carboxylic acids is 1. The lowest BCUT2D eigenvalue weighted by molar-refractivity contribution is -0.149. The number of carboxylic acid groups (broad SMARTS) is 1. The largest absolute Gasteiger partial charge is 0.480 e. The lowest BCUT2D eigenvalue weighted by atomic mass is 10.0. The third-order valence-electron chi connectivity index (χ3n) is 4.52. The molecule has 2 rings (SSSR count). The van der Waals surface area contributed by atoms with Gasteiger partial charge in [-0.2, -0.15) is 0 Å². The van der Waals surface area contributed by atoms with Gasteiger partial charge in [0.2, 0.25) is 5.91 Å². The van der Waals surface area contributed by atoms with E-state index in [0.717, 1.165) is 11.8 Å². The lowest BCUT2D eigenvalue weighted by Crippen LogP contribution is -2.55. The van der Waals surface area contributed by atoms with Crippen LogP contribution in [0.3, 0.4) is 0 Å². The van der Waals surface area contributed by atoms with Crippen LogP contribution in [0.25, 0.3) is 0 Å². The van der Waals surface area contributed by atoms with E-state index in [1.807, 2.05) is 30.3 Å². The Hall–Kier alpha value is -2.25. The molecule has 7 nitrogen and oxygen atoms in total. The molecule has 1 amide bonds. The van der Waals surface area contributed by atoms with Gasteiger partial charge in [-0.3, -0.25) is 10.1 Å². The number of benzene rings is 1. The van der Waals surface area contributed by atoms with E-state index in [1.165, 1.54) is 4.90 Å². The fourth-order valence-corrected chi connectivity index (χ4v) is 3.14. The second-order valence-corrected chi connectivity index (χ2v) is 6.25. The van der Waals surface area contributed by atoms with Crippen molar-refractivity contribution in [3.05, 3.63) is 35.9 Å². The number of carbonyl (C=O) groups excluding carboxylic acids is 2. The van der Waals surface area contributed by atoms with Crippen LogP contribution in [0, 0.1) is 0 Å². The Morgan fingerprint density at radius 3 is 2.68 bits per heavy atom. The SMILES string of the molecule is NCC(N[C@H](C=O)CCc1ccccc1)C(=O)N1CCCC1C(=O)O. The van der Waals surface area contributed by atoms with Gasteiger partial charge in [-0.05, 0) is 31.2 Å². The molecule has 136 valence electrons. The lowest BCUT2D eigenvalue weighted by Gasteiger charge is -2.28. The standard InChI is InChI=1S/C18H25N3O4/c19-11-15(17(23)21-10-4-7-16(21)18(24)25)20-14(12-22)9-8-13-5-2-1-3-6-13/h1-3,5-6,12,14-16,20H,4,7-11,19H2,(H,24,25)/t14-,15?,16?/m0/s1. The number of nitrogens with two attached hydrogens (primary N) is 1. The highest BCUT2D eigenvalue weighted by Gasteiger charge is 2.37. The van der Waals surface area contributed by atoms with E-state index in [4.69, 9.17) is 5.73 Å². The minimum Gasteiger partial charge on any atom is -0.480 e. The molecule has 2 unspecified atom stereocenters. The van der Waals surface area contributed by atoms with Crippen LogP contribution in [-0.2, 0) is 20.8 Å². The molecule has 0 saturated carbocycles. The summed E-state index contributed by atoms with van der Waals surface area (Å²) in [5, 5.41) is 12.2. The first-order valence-corrected chi connectivity index (χ1v) is 8.55. The zero-order valence-corrected chi connectivity index (χ0v) is 14.1. The van der Waals surface area contributed by atoms with E-state index in [9.17, 15) is 19.5 Å². The molecule has 0 radical (unpaired) electrons. The van der Waals surface area contributed by atoms with Crippen LogP contribution >= 0.6 is 0 Å². The van der Waals surface area contributed by atoms with Gasteiger partial charge in [-0.25, -0.2) is 4.79 Å². The number of aryl methyl sites for hydroxylation is 1. The number of hydrogen-bond donors (Lipinski definition) is 3. The zero-order valence-electron chi connectivity index (χ0n) is 14.1. The van der Waals surface area contributed by atoms with E-state index in [2.05, 4.69) is 5.32 Å². The summed E-state index contributed by atoms with van der Waals surface area (Å²) in [6.07, 6.45) is 3.12. The van der Waals surface area contributed by atoms with Crippen molar-refractivity contribution < 1.29 is 19.5 Å². The highest BCUT2D eigenvalue weighted by atomic mass is 16.4. The molecule has 0 bridgehead atoms. The van der Waals surface area contributed by atoms with Crippen molar-refractivity contribution in [2.24, 2.45) is 5.73 Å². The van der Waals surface area contributed by atoms with E-state index in [-0.39, 0.29) is 12.5 Å². The van der Waals surface area contributed by atoms with Crippen LogP contribution in [0.5, 0.6) is 0 Å². The van der Waals surface area contributed by atoms with Gasteiger partial charge in [0.25, 0.3) is 0 Å². The molecule has 1 fully saturated rings. The fraction of sp³-hybridized carbons (Fsp3) is 0.500. The molecule has 3 atom stereocenters. The summed E-state index contributed by atoms with van der Waals surface area (Å²) in [7, 11) is 0. The summed E-state index contributed by atoms with van der Waals surface area (Å²) in [6.45, 7) is 0.418. The predicted molar refractivity (Wildman–Crippen MR) is 93.0 cm³/mol. The highest BCUT2D eigenvalue weighted by molar-refractivity contribution is 5.88. The number of likely N-dealkylation sites (tertiary alicyclic amines) is 1. The summed E-state index contributed by atoms with van der Waals surface area (Å²) in [4.78, 5) is 36.6. The van der Waals surface area contributed by atoms with Gasteiger partial charge in [-0.15, -0.1) is 0 Å². The average molecular weight is 347 g/mol. The monoisotopic (exact) mass is 347 g/mol. The van der Waals surface area contributed by atoms with Crippen molar-refractivity contribution in [3.8, 4) is 0 Å². The number of nitrogens with one attached hydrogen (secondary N) is 1. The highest BCUT2D eigenvalue weighted by Crippen LogP contribution is 2.18. The molecule has 0 aliphatic carbocycles.